The van der Waals surface area contributed by atoms with E-state index in [-0.39, 0.29) is 36.7 Å². The van der Waals surface area contributed by atoms with E-state index in [0.29, 0.717) is 6.42 Å². The van der Waals surface area contributed by atoms with E-state index in [4.69, 9.17) is 4.74 Å². The van der Waals surface area contributed by atoms with Crippen molar-refractivity contribution in [3.8, 4) is 0 Å². The van der Waals surface area contributed by atoms with E-state index in [9.17, 15) is 4.79 Å². The zero-order valence-corrected chi connectivity index (χ0v) is 19.8. The summed E-state index contributed by atoms with van der Waals surface area (Å²) in [5, 5.41) is 0. The quantitative estimate of drug-likeness (QED) is 0.506. The molecule has 1 aliphatic rings. The van der Waals surface area contributed by atoms with Gasteiger partial charge in [-0.25, -0.2) is 0 Å². The SMILES string of the molecule is CCOC(CN1CCN(c2cccc(C(=O)CC)c2C)CC1)c1ccccc1.Cl.Cl. The second-order valence-corrected chi connectivity index (χ2v) is 7.37. The molecule has 1 atom stereocenters. The van der Waals surface area contributed by atoms with Crippen LogP contribution in [-0.4, -0.2) is 50.0 Å². The lowest BCUT2D eigenvalue weighted by atomic mass is 10.0. The largest absolute Gasteiger partial charge is 0.372 e. The van der Waals surface area contributed by atoms with Gasteiger partial charge in [0.15, 0.2) is 5.78 Å². The molecule has 0 radical (unpaired) electrons. The minimum atomic E-state index is 0. The van der Waals surface area contributed by atoms with Crippen LogP contribution in [0, 0.1) is 6.92 Å². The molecule has 4 nitrogen and oxygen atoms in total. The first-order valence-electron chi connectivity index (χ1n) is 10.4. The van der Waals surface area contributed by atoms with Gasteiger partial charge in [-0.1, -0.05) is 49.4 Å². The van der Waals surface area contributed by atoms with Gasteiger partial charge in [-0.15, -0.1) is 24.8 Å². The van der Waals surface area contributed by atoms with E-state index < -0.39 is 0 Å². The molecule has 2 aromatic carbocycles. The Balaban J connectivity index is 0.00000225. The van der Waals surface area contributed by atoms with Gasteiger partial charge in [-0.3, -0.25) is 9.69 Å². The zero-order valence-electron chi connectivity index (χ0n) is 18.2. The Bertz CT molecular complexity index is 778. The van der Waals surface area contributed by atoms with E-state index in [1.165, 1.54) is 11.3 Å². The number of anilines is 1. The second-order valence-electron chi connectivity index (χ2n) is 7.37. The van der Waals surface area contributed by atoms with Crippen LogP contribution in [0.15, 0.2) is 48.5 Å². The van der Waals surface area contributed by atoms with E-state index >= 15 is 0 Å². The summed E-state index contributed by atoms with van der Waals surface area (Å²) in [5.41, 5.74) is 4.42. The number of nitrogens with zero attached hydrogens (tertiary/aromatic N) is 2. The van der Waals surface area contributed by atoms with Gasteiger partial charge in [0, 0.05) is 57.0 Å². The number of rotatable bonds is 8. The monoisotopic (exact) mass is 452 g/mol. The molecule has 30 heavy (non-hydrogen) atoms. The number of benzene rings is 2. The minimum absolute atomic E-state index is 0. The molecule has 1 saturated heterocycles. The first-order valence-corrected chi connectivity index (χ1v) is 10.4. The Morgan fingerprint density at radius 1 is 0.967 bits per heavy atom. The Morgan fingerprint density at radius 2 is 1.63 bits per heavy atom. The third-order valence-corrected chi connectivity index (χ3v) is 5.60. The van der Waals surface area contributed by atoms with Crippen LogP contribution in [0.4, 0.5) is 5.69 Å². The van der Waals surface area contributed by atoms with Crippen LogP contribution in [0.1, 0.15) is 47.9 Å². The highest BCUT2D eigenvalue weighted by Gasteiger charge is 2.23. The summed E-state index contributed by atoms with van der Waals surface area (Å²) >= 11 is 0. The molecular formula is C24H34Cl2N2O2. The number of ether oxygens (including phenoxy) is 1. The normalized spacial score (nSPS) is 15.1. The molecule has 1 fully saturated rings. The molecule has 3 rings (SSSR count). The van der Waals surface area contributed by atoms with Crippen LogP contribution < -0.4 is 4.90 Å². The van der Waals surface area contributed by atoms with Crippen LogP contribution in [0.3, 0.4) is 0 Å². The van der Waals surface area contributed by atoms with Crippen molar-refractivity contribution in [2.24, 2.45) is 0 Å². The molecule has 0 spiro atoms. The van der Waals surface area contributed by atoms with Crippen LogP contribution in [0.5, 0.6) is 0 Å². The Morgan fingerprint density at radius 3 is 2.23 bits per heavy atom. The summed E-state index contributed by atoms with van der Waals surface area (Å²) < 4.78 is 6.02. The van der Waals surface area contributed by atoms with E-state index in [0.717, 1.165) is 50.5 Å². The van der Waals surface area contributed by atoms with Crippen molar-refractivity contribution in [3.63, 3.8) is 0 Å². The van der Waals surface area contributed by atoms with Gasteiger partial charge in [0.1, 0.15) is 0 Å². The van der Waals surface area contributed by atoms with Gasteiger partial charge < -0.3 is 9.64 Å². The summed E-state index contributed by atoms with van der Waals surface area (Å²) in [6.45, 7) is 11.6. The Labute approximate surface area is 193 Å². The third kappa shape index (κ3) is 6.45. The zero-order chi connectivity index (χ0) is 19.9. The van der Waals surface area contributed by atoms with Crippen molar-refractivity contribution < 1.29 is 9.53 Å². The van der Waals surface area contributed by atoms with Crippen LogP contribution in [-0.2, 0) is 4.74 Å². The van der Waals surface area contributed by atoms with Crippen molar-refractivity contribution in [1.29, 1.82) is 0 Å². The second kappa shape index (κ2) is 13.0. The summed E-state index contributed by atoms with van der Waals surface area (Å²) in [6, 6.07) is 16.6. The fraction of sp³-hybridized carbons (Fsp3) is 0.458. The molecule has 1 heterocycles. The van der Waals surface area contributed by atoms with Gasteiger partial charge in [-0.05, 0) is 31.0 Å². The molecule has 2 aromatic rings. The molecule has 0 saturated carbocycles. The number of halogens is 2. The number of carbonyl (C=O) groups excluding carboxylic acids is 1. The van der Waals surface area contributed by atoms with Gasteiger partial charge in [0.05, 0.1) is 6.10 Å². The summed E-state index contributed by atoms with van der Waals surface area (Å²) in [4.78, 5) is 17.1. The molecular weight excluding hydrogens is 419 g/mol. The number of hydrogen-bond donors (Lipinski definition) is 0. The highest BCUT2D eigenvalue weighted by atomic mass is 35.5. The van der Waals surface area contributed by atoms with Crippen LogP contribution in [0.2, 0.25) is 0 Å². The van der Waals surface area contributed by atoms with Crippen LogP contribution in [0.25, 0.3) is 0 Å². The van der Waals surface area contributed by atoms with Crippen molar-refractivity contribution in [1.82, 2.24) is 4.90 Å². The Hall–Kier alpha value is -1.59. The predicted molar refractivity (Wildman–Crippen MR) is 130 cm³/mol. The predicted octanol–water partition coefficient (Wildman–Crippen LogP) is 5.33. The van der Waals surface area contributed by atoms with Gasteiger partial charge in [-0.2, -0.15) is 0 Å². The molecule has 0 aromatic heterocycles. The topological polar surface area (TPSA) is 32.8 Å². The Kier molecular flexibility index (Phi) is 11.4. The molecule has 6 heteroatoms. The minimum Gasteiger partial charge on any atom is -0.372 e. The first-order chi connectivity index (χ1) is 13.6. The average Bonchev–Trinajstić information content (AvgIpc) is 2.74. The molecule has 0 bridgehead atoms. The van der Waals surface area contributed by atoms with Gasteiger partial charge in [0.2, 0.25) is 0 Å². The highest BCUT2D eigenvalue weighted by Crippen LogP contribution is 2.26. The van der Waals surface area contributed by atoms with Crippen molar-refractivity contribution in [3.05, 3.63) is 65.2 Å². The maximum absolute atomic E-state index is 12.2. The molecule has 166 valence electrons. The van der Waals surface area contributed by atoms with Gasteiger partial charge >= 0.3 is 0 Å². The number of hydrogen-bond acceptors (Lipinski definition) is 4. The fourth-order valence-corrected chi connectivity index (χ4v) is 3.99. The summed E-state index contributed by atoms with van der Waals surface area (Å²) in [5.74, 6) is 0.223. The van der Waals surface area contributed by atoms with Crippen LogP contribution >= 0.6 is 24.8 Å². The van der Waals surface area contributed by atoms with Crippen molar-refractivity contribution in [2.45, 2.75) is 33.3 Å². The lowest BCUT2D eigenvalue weighted by Gasteiger charge is -2.38. The average molecular weight is 453 g/mol. The first kappa shape index (κ1) is 26.4. The maximum Gasteiger partial charge on any atom is 0.162 e. The molecule has 0 amide bonds. The fourth-order valence-electron chi connectivity index (χ4n) is 3.99. The smallest absolute Gasteiger partial charge is 0.162 e. The maximum atomic E-state index is 12.2. The highest BCUT2D eigenvalue weighted by molar-refractivity contribution is 5.98. The van der Waals surface area contributed by atoms with Crippen molar-refractivity contribution in [2.75, 3.05) is 44.2 Å². The van der Waals surface area contributed by atoms with E-state index in [1.54, 1.807) is 0 Å². The summed E-state index contributed by atoms with van der Waals surface area (Å²) in [7, 11) is 0. The van der Waals surface area contributed by atoms with Gasteiger partial charge in [0.25, 0.3) is 0 Å². The van der Waals surface area contributed by atoms with Crippen molar-refractivity contribution >= 4 is 36.3 Å². The summed E-state index contributed by atoms with van der Waals surface area (Å²) in [6.07, 6.45) is 0.668. The number of ketones is 1. The van der Waals surface area contributed by atoms with E-state index in [2.05, 4.69) is 54.0 Å². The molecule has 1 aliphatic heterocycles. The standard InChI is InChI=1S/C24H32N2O2.2ClH/c1-4-23(27)21-12-9-13-22(19(21)3)26-16-14-25(15-17-26)18-24(28-5-2)20-10-7-6-8-11-20;;/h6-13,24H,4-5,14-18H2,1-3H3;2*1H. The number of Topliss-reactive ketones (excluding diaryl/α,β-unsaturated/α-hetero) is 1. The number of piperazine rings is 1. The van der Waals surface area contributed by atoms with E-state index in [1.807, 2.05) is 25.1 Å². The molecule has 0 N–H and O–H groups in total. The third-order valence-electron chi connectivity index (χ3n) is 5.60. The number of carbonyl (C=O) groups is 1. The lowest BCUT2D eigenvalue weighted by molar-refractivity contribution is 0.0311. The lowest BCUT2D eigenvalue weighted by Crippen LogP contribution is -2.48. The molecule has 0 aliphatic carbocycles. The molecule has 1 unspecified atom stereocenters.